The molecule has 1 atom stereocenters. The average molecular weight is 337 g/mol. The van der Waals surface area contributed by atoms with E-state index in [0.717, 1.165) is 4.90 Å². The van der Waals surface area contributed by atoms with Gasteiger partial charge in [-0.15, -0.1) is 0 Å². The number of hydrogen-bond donors (Lipinski definition) is 1. The molecule has 8 heteroatoms. The maximum atomic E-state index is 12.5. The molecule has 1 aromatic rings. The summed E-state index contributed by atoms with van der Waals surface area (Å²) in [6, 6.07) is 1.77. The lowest BCUT2D eigenvalue weighted by atomic mass is 10.1. The van der Waals surface area contributed by atoms with Gasteiger partial charge in [0.15, 0.2) is 11.5 Å². The van der Waals surface area contributed by atoms with Crippen LogP contribution in [0.1, 0.15) is 23.2 Å². The minimum absolute atomic E-state index is 0.0468. The van der Waals surface area contributed by atoms with Crippen molar-refractivity contribution in [2.45, 2.75) is 18.9 Å². The molecule has 1 heterocycles. The summed E-state index contributed by atoms with van der Waals surface area (Å²) in [5.74, 6) is -2.00. The Balaban J connectivity index is 2.35. The van der Waals surface area contributed by atoms with Crippen molar-refractivity contribution in [2.75, 3.05) is 27.9 Å². The summed E-state index contributed by atoms with van der Waals surface area (Å²) in [5, 5.41) is 9.16. The van der Waals surface area contributed by atoms with E-state index in [1.54, 1.807) is 0 Å². The van der Waals surface area contributed by atoms with Crippen LogP contribution in [0.25, 0.3) is 0 Å². The third kappa shape index (κ3) is 3.12. The highest BCUT2D eigenvalue weighted by molar-refractivity contribution is 6.43. The molecule has 1 aromatic carbocycles. The molecule has 1 saturated heterocycles. The summed E-state index contributed by atoms with van der Waals surface area (Å²) < 4.78 is 15.5. The molecule has 1 fully saturated rings. The first kappa shape index (κ1) is 17.6. The monoisotopic (exact) mass is 337 g/mol. The normalized spacial score (nSPS) is 16.6. The van der Waals surface area contributed by atoms with Crippen molar-refractivity contribution in [3.8, 4) is 17.2 Å². The molecular weight excluding hydrogens is 318 g/mol. The van der Waals surface area contributed by atoms with E-state index in [2.05, 4.69) is 0 Å². The summed E-state index contributed by atoms with van der Waals surface area (Å²) in [7, 11) is 4.22. The Bertz CT molecular complexity index is 645. The van der Waals surface area contributed by atoms with Gasteiger partial charge in [0, 0.05) is 12.1 Å². The highest BCUT2D eigenvalue weighted by atomic mass is 16.5. The topological polar surface area (TPSA) is 102 Å². The van der Waals surface area contributed by atoms with E-state index >= 15 is 0 Å². The molecule has 0 unspecified atom stereocenters. The van der Waals surface area contributed by atoms with E-state index in [9.17, 15) is 14.4 Å². The minimum Gasteiger partial charge on any atom is -0.493 e. The van der Waals surface area contributed by atoms with Crippen molar-refractivity contribution in [2.24, 2.45) is 0 Å². The van der Waals surface area contributed by atoms with Crippen LogP contribution in [-0.4, -0.2) is 61.6 Å². The standard InChI is InChI=1S/C16H19NO7/c1-22-11-7-9(8-12(23-2)14(11)24-3)13(18)15(19)17-6-4-5-10(17)16(20)21/h7-8,10H,4-6H2,1-3H3,(H,20,21)/t10-/m0/s1. The maximum absolute atomic E-state index is 12.5. The van der Waals surface area contributed by atoms with Crippen LogP contribution in [0.4, 0.5) is 0 Å². The number of carboxylic acids is 1. The number of likely N-dealkylation sites (tertiary alicyclic amines) is 1. The molecule has 1 amide bonds. The second-order valence-electron chi connectivity index (χ2n) is 5.24. The van der Waals surface area contributed by atoms with Crippen LogP contribution in [0.5, 0.6) is 17.2 Å². The summed E-state index contributed by atoms with van der Waals surface area (Å²) in [6.45, 7) is 0.242. The van der Waals surface area contributed by atoms with Crippen LogP contribution >= 0.6 is 0 Å². The number of carboxylic acid groups (broad SMARTS) is 1. The first-order valence-electron chi connectivity index (χ1n) is 7.32. The van der Waals surface area contributed by atoms with E-state index in [-0.39, 0.29) is 23.6 Å². The van der Waals surface area contributed by atoms with Gasteiger partial charge in [-0.1, -0.05) is 0 Å². The highest BCUT2D eigenvalue weighted by Gasteiger charge is 2.37. The Kier molecular flexibility index (Phi) is 5.28. The van der Waals surface area contributed by atoms with Gasteiger partial charge in [0.25, 0.3) is 11.7 Å². The van der Waals surface area contributed by atoms with Gasteiger partial charge in [-0.25, -0.2) is 4.79 Å². The first-order valence-corrected chi connectivity index (χ1v) is 7.32. The SMILES string of the molecule is COc1cc(C(=O)C(=O)N2CCC[C@H]2C(=O)O)cc(OC)c1OC. The smallest absolute Gasteiger partial charge is 0.326 e. The van der Waals surface area contributed by atoms with Crippen molar-refractivity contribution >= 4 is 17.7 Å². The molecular formula is C16H19NO7. The molecule has 8 nitrogen and oxygen atoms in total. The highest BCUT2D eigenvalue weighted by Crippen LogP contribution is 2.38. The number of amides is 1. The number of nitrogens with zero attached hydrogens (tertiary/aromatic N) is 1. The fourth-order valence-electron chi connectivity index (χ4n) is 2.73. The lowest BCUT2D eigenvalue weighted by molar-refractivity contribution is -0.146. The van der Waals surface area contributed by atoms with Crippen molar-refractivity contribution < 1.29 is 33.7 Å². The first-order chi connectivity index (χ1) is 11.4. The number of benzene rings is 1. The largest absolute Gasteiger partial charge is 0.493 e. The summed E-state index contributed by atoms with van der Waals surface area (Å²) >= 11 is 0. The third-order valence-electron chi connectivity index (χ3n) is 3.92. The van der Waals surface area contributed by atoms with Gasteiger partial charge >= 0.3 is 5.97 Å². The van der Waals surface area contributed by atoms with Gasteiger partial charge in [0.1, 0.15) is 6.04 Å². The zero-order chi connectivity index (χ0) is 17.9. The van der Waals surface area contributed by atoms with Crippen molar-refractivity contribution in [3.05, 3.63) is 17.7 Å². The summed E-state index contributed by atoms with van der Waals surface area (Å²) in [4.78, 5) is 37.2. The van der Waals surface area contributed by atoms with Crippen LogP contribution in [0.15, 0.2) is 12.1 Å². The predicted octanol–water partition coefficient (Wildman–Crippen LogP) is 0.971. The van der Waals surface area contributed by atoms with E-state index < -0.39 is 23.7 Å². The molecule has 24 heavy (non-hydrogen) atoms. The average Bonchev–Trinajstić information content (AvgIpc) is 3.08. The number of ketones is 1. The van der Waals surface area contributed by atoms with Crippen LogP contribution in [0, 0.1) is 0 Å². The van der Waals surface area contributed by atoms with Crippen LogP contribution in [0.3, 0.4) is 0 Å². The number of Topliss-reactive ketones (excluding diaryl/α,β-unsaturated/α-hetero) is 1. The van der Waals surface area contributed by atoms with Gasteiger partial charge in [0.05, 0.1) is 21.3 Å². The zero-order valence-corrected chi connectivity index (χ0v) is 13.7. The number of hydrogen-bond acceptors (Lipinski definition) is 6. The van der Waals surface area contributed by atoms with E-state index in [1.807, 2.05) is 0 Å². The Morgan fingerprint density at radius 1 is 1.08 bits per heavy atom. The summed E-state index contributed by atoms with van der Waals surface area (Å²) in [5.41, 5.74) is 0.0468. The molecule has 130 valence electrons. The summed E-state index contributed by atoms with van der Waals surface area (Å²) in [6.07, 6.45) is 0.884. The van der Waals surface area contributed by atoms with Crippen molar-refractivity contribution in [1.29, 1.82) is 0 Å². The Labute approximate surface area is 138 Å². The third-order valence-corrected chi connectivity index (χ3v) is 3.92. The Hall–Kier alpha value is -2.77. The van der Waals surface area contributed by atoms with Crippen LogP contribution < -0.4 is 14.2 Å². The number of rotatable bonds is 6. The molecule has 0 aliphatic carbocycles. The fraction of sp³-hybridized carbons (Fsp3) is 0.438. The number of carbonyl (C=O) groups excluding carboxylic acids is 2. The van der Waals surface area contributed by atoms with Gasteiger partial charge in [0.2, 0.25) is 5.75 Å². The lowest BCUT2D eigenvalue weighted by Crippen LogP contribution is -2.43. The van der Waals surface area contributed by atoms with E-state index in [4.69, 9.17) is 19.3 Å². The number of methoxy groups -OCH3 is 3. The van der Waals surface area contributed by atoms with E-state index in [0.29, 0.717) is 18.6 Å². The molecule has 0 radical (unpaired) electrons. The van der Waals surface area contributed by atoms with Crippen molar-refractivity contribution in [1.82, 2.24) is 4.90 Å². The molecule has 0 spiro atoms. The maximum Gasteiger partial charge on any atom is 0.326 e. The molecule has 2 rings (SSSR count). The predicted molar refractivity (Wildman–Crippen MR) is 82.8 cm³/mol. The zero-order valence-electron chi connectivity index (χ0n) is 13.7. The van der Waals surface area contributed by atoms with Gasteiger partial charge in [-0.05, 0) is 25.0 Å². The molecule has 1 N–H and O–H groups in total. The molecule has 1 aliphatic rings. The second-order valence-corrected chi connectivity index (χ2v) is 5.24. The number of ether oxygens (including phenoxy) is 3. The second kappa shape index (κ2) is 7.20. The number of aliphatic carboxylic acids is 1. The van der Waals surface area contributed by atoms with E-state index in [1.165, 1.54) is 33.5 Å². The Morgan fingerprint density at radius 2 is 1.67 bits per heavy atom. The van der Waals surface area contributed by atoms with Crippen molar-refractivity contribution in [3.63, 3.8) is 0 Å². The molecule has 0 bridgehead atoms. The molecule has 0 aromatic heterocycles. The fourth-order valence-corrected chi connectivity index (χ4v) is 2.73. The van der Waals surface area contributed by atoms with Crippen LogP contribution in [0.2, 0.25) is 0 Å². The van der Waals surface area contributed by atoms with Gasteiger partial charge in [-0.3, -0.25) is 9.59 Å². The number of carbonyl (C=O) groups is 3. The lowest BCUT2D eigenvalue weighted by Gasteiger charge is -2.21. The van der Waals surface area contributed by atoms with Gasteiger partial charge in [-0.2, -0.15) is 0 Å². The Morgan fingerprint density at radius 3 is 2.12 bits per heavy atom. The minimum atomic E-state index is -1.11. The molecule has 0 saturated carbocycles. The molecule has 1 aliphatic heterocycles. The van der Waals surface area contributed by atoms with Crippen LogP contribution in [-0.2, 0) is 9.59 Å². The quantitative estimate of drug-likeness (QED) is 0.609. The van der Waals surface area contributed by atoms with Gasteiger partial charge < -0.3 is 24.2 Å².